The van der Waals surface area contributed by atoms with Gasteiger partial charge in [-0.2, -0.15) is 0 Å². The highest BCUT2D eigenvalue weighted by atomic mass is 79.9. The predicted octanol–water partition coefficient (Wildman–Crippen LogP) is 2.51. The van der Waals surface area contributed by atoms with Crippen molar-refractivity contribution < 1.29 is 13.2 Å². The number of carbonyl (C=O) groups is 1. The summed E-state index contributed by atoms with van der Waals surface area (Å²) in [5, 5.41) is 0.180. The van der Waals surface area contributed by atoms with Crippen LogP contribution in [0.1, 0.15) is 30.6 Å². The van der Waals surface area contributed by atoms with E-state index < -0.39 is 10.0 Å². The molecule has 0 radical (unpaired) electrons. The van der Waals surface area contributed by atoms with Gasteiger partial charge in [0, 0.05) is 19.2 Å². The van der Waals surface area contributed by atoms with Crippen LogP contribution in [-0.4, -0.2) is 43.9 Å². The predicted molar refractivity (Wildman–Crippen MR) is 96.0 cm³/mol. The summed E-state index contributed by atoms with van der Waals surface area (Å²) in [4.78, 5) is 18.3. The number of aromatic nitrogens is 1. The van der Waals surface area contributed by atoms with E-state index in [0.717, 1.165) is 6.54 Å². The number of carbonyl (C=O) groups excluding carboxylic acids is 1. The number of sulfonamides is 1. The van der Waals surface area contributed by atoms with Crippen molar-refractivity contribution in [2.75, 3.05) is 34.3 Å². The number of nitrogens with one attached hydrogen (secondary N) is 1. The Kier molecular flexibility index (Phi) is 5.67. The average molecular weight is 404 g/mol. The summed E-state index contributed by atoms with van der Waals surface area (Å²) in [5.74, 6) is 1.97. The van der Waals surface area contributed by atoms with E-state index in [-0.39, 0.29) is 22.7 Å². The largest absolute Gasteiger partial charge is 0.359 e. The van der Waals surface area contributed by atoms with Gasteiger partial charge in [0.15, 0.2) is 5.78 Å². The fourth-order valence-corrected chi connectivity index (χ4v) is 3.22. The number of ketones is 1. The molecule has 2 atom stereocenters. The molecule has 0 bridgehead atoms. The van der Waals surface area contributed by atoms with Crippen molar-refractivity contribution >= 4 is 43.4 Å². The van der Waals surface area contributed by atoms with E-state index in [1.807, 2.05) is 11.9 Å². The standard InChI is InChI=1S/C15H22BrN3O3S/c1-4-23(21,22)18-14-6-11(13(20)8-16)7-15(17-14)19(3)9-12-5-10(12)2/h6-7,10,12H,4-5,8-9H2,1-3H3,(H,17,18). The van der Waals surface area contributed by atoms with Crippen LogP contribution in [0, 0.1) is 11.8 Å². The van der Waals surface area contributed by atoms with Crippen LogP contribution in [-0.2, 0) is 10.0 Å². The molecule has 1 aliphatic carbocycles. The maximum absolute atomic E-state index is 12.0. The third-order valence-corrected chi connectivity index (χ3v) is 5.86. The Morgan fingerprint density at radius 1 is 1.48 bits per heavy atom. The van der Waals surface area contributed by atoms with Crippen molar-refractivity contribution in [2.24, 2.45) is 11.8 Å². The first-order valence-electron chi connectivity index (χ1n) is 7.58. The lowest BCUT2D eigenvalue weighted by Gasteiger charge is -2.20. The lowest BCUT2D eigenvalue weighted by molar-refractivity contribution is 0.102. The minimum absolute atomic E-state index is 0.0456. The maximum Gasteiger partial charge on any atom is 0.233 e. The smallest absolute Gasteiger partial charge is 0.233 e. The Balaban J connectivity index is 2.30. The summed E-state index contributed by atoms with van der Waals surface area (Å²) in [5.41, 5.74) is 0.441. The highest BCUT2D eigenvalue weighted by molar-refractivity contribution is 9.09. The molecule has 1 saturated carbocycles. The van der Waals surface area contributed by atoms with E-state index >= 15 is 0 Å². The number of hydrogen-bond acceptors (Lipinski definition) is 5. The monoisotopic (exact) mass is 403 g/mol. The maximum atomic E-state index is 12.0. The zero-order valence-corrected chi connectivity index (χ0v) is 15.9. The molecular weight excluding hydrogens is 382 g/mol. The Labute approximate surface area is 145 Å². The van der Waals surface area contributed by atoms with Crippen LogP contribution in [0.25, 0.3) is 0 Å². The number of nitrogens with zero attached hydrogens (tertiary/aromatic N) is 2. The highest BCUT2D eigenvalue weighted by Gasteiger charge is 2.33. The van der Waals surface area contributed by atoms with Gasteiger partial charge in [-0.3, -0.25) is 9.52 Å². The van der Waals surface area contributed by atoms with E-state index in [4.69, 9.17) is 0 Å². The second-order valence-corrected chi connectivity index (χ2v) is 8.59. The average Bonchev–Trinajstić information content (AvgIpc) is 3.20. The molecule has 2 rings (SSSR count). The van der Waals surface area contributed by atoms with Crippen LogP contribution in [0.3, 0.4) is 0 Å². The lowest BCUT2D eigenvalue weighted by atomic mass is 10.2. The summed E-state index contributed by atoms with van der Waals surface area (Å²) in [6.07, 6.45) is 1.19. The Bertz CT molecular complexity index is 693. The van der Waals surface area contributed by atoms with Crippen molar-refractivity contribution in [1.29, 1.82) is 0 Å². The molecule has 1 aliphatic rings. The molecule has 0 aliphatic heterocycles. The van der Waals surface area contributed by atoms with Crippen LogP contribution in [0.15, 0.2) is 12.1 Å². The van der Waals surface area contributed by atoms with E-state index in [0.29, 0.717) is 23.2 Å². The number of anilines is 2. The van der Waals surface area contributed by atoms with E-state index in [1.54, 1.807) is 13.0 Å². The summed E-state index contributed by atoms with van der Waals surface area (Å²) < 4.78 is 26.0. The van der Waals surface area contributed by atoms with Crippen molar-refractivity contribution in [3.63, 3.8) is 0 Å². The molecule has 2 unspecified atom stereocenters. The second kappa shape index (κ2) is 7.17. The number of halogens is 1. The molecule has 1 aromatic heterocycles. The fourth-order valence-electron chi connectivity index (χ4n) is 2.33. The van der Waals surface area contributed by atoms with E-state index in [9.17, 15) is 13.2 Å². The lowest BCUT2D eigenvalue weighted by Crippen LogP contribution is -2.23. The normalized spacial score (nSPS) is 20.2. The number of rotatable bonds is 8. The number of alkyl halides is 1. The van der Waals surface area contributed by atoms with Crippen LogP contribution in [0.2, 0.25) is 0 Å². The van der Waals surface area contributed by atoms with Crippen LogP contribution in [0.5, 0.6) is 0 Å². The van der Waals surface area contributed by atoms with Gasteiger partial charge >= 0.3 is 0 Å². The van der Waals surface area contributed by atoms with Gasteiger partial charge in [0.25, 0.3) is 0 Å². The van der Waals surface area contributed by atoms with Gasteiger partial charge < -0.3 is 4.90 Å². The summed E-state index contributed by atoms with van der Waals surface area (Å²) in [7, 11) is -1.53. The first-order chi connectivity index (χ1) is 10.8. The van der Waals surface area contributed by atoms with Crippen molar-refractivity contribution in [3.05, 3.63) is 17.7 Å². The van der Waals surface area contributed by atoms with Crippen LogP contribution in [0.4, 0.5) is 11.6 Å². The molecule has 8 heteroatoms. The molecule has 0 spiro atoms. The van der Waals surface area contributed by atoms with Gasteiger partial charge in [-0.15, -0.1) is 0 Å². The number of Topliss-reactive ketones (excluding diaryl/α,β-unsaturated/α-hetero) is 1. The number of pyridine rings is 1. The molecule has 1 heterocycles. The third kappa shape index (κ3) is 4.91. The van der Waals surface area contributed by atoms with Gasteiger partial charge in [0.2, 0.25) is 10.0 Å². The first kappa shape index (κ1) is 18.2. The van der Waals surface area contributed by atoms with Gasteiger partial charge in [-0.1, -0.05) is 22.9 Å². The molecule has 1 N–H and O–H groups in total. The Morgan fingerprint density at radius 2 is 2.13 bits per heavy atom. The van der Waals surface area contributed by atoms with Gasteiger partial charge in [-0.25, -0.2) is 13.4 Å². The topological polar surface area (TPSA) is 79.4 Å². The molecule has 0 aromatic carbocycles. The van der Waals surface area contributed by atoms with Crippen molar-refractivity contribution in [3.8, 4) is 0 Å². The second-order valence-electron chi connectivity index (χ2n) is 6.02. The summed E-state index contributed by atoms with van der Waals surface area (Å²) in [6, 6.07) is 3.19. The number of hydrogen-bond donors (Lipinski definition) is 1. The minimum atomic E-state index is -3.44. The molecule has 23 heavy (non-hydrogen) atoms. The molecule has 1 aromatic rings. The first-order valence-corrected chi connectivity index (χ1v) is 10.4. The van der Waals surface area contributed by atoms with Crippen LogP contribution < -0.4 is 9.62 Å². The molecule has 0 amide bonds. The third-order valence-electron chi connectivity index (χ3n) is 4.07. The molecule has 1 fully saturated rings. The quantitative estimate of drug-likeness (QED) is 0.532. The zero-order valence-electron chi connectivity index (χ0n) is 13.5. The van der Waals surface area contributed by atoms with Crippen molar-refractivity contribution in [2.45, 2.75) is 20.3 Å². The van der Waals surface area contributed by atoms with E-state index in [2.05, 4.69) is 32.6 Å². The molecular formula is C15H22BrN3O3S. The Hall–Kier alpha value is -1.15. The van der Waals surface area contributed by atoms with Gasteiger partial charge in [0.1, 0.15) is 11.6 Å². The Morgan fingerprint density at radius 3 is 2.65 bits per heavy atom. The summed E-state index contributed by atoms with van der Waals surface area (Å²) in [6.45, 7) is 4.61. The minimum Gasteiger partial charge on any atom is -0.359 e. The van der Waals surface area contributed by atoms with Gasteiger partial charge in [-0.05, 0) is 37.3 Å². The summed E-state index contributed by atoms with van der Waals surface area (Å²) >= 11 is 3.15. The SMILES string of the molecule is CCS(=O)(=O)Nc1cc(C(=O)CBr)cc(N(C)CC2CC2C)n1. The fraction of sp³-hybridized carbons (Fsp3) is 0.600. The van der Waals surface area contributed by atoms with E-state index in [1.165, 1.54) is 12.5 Å². The van der Waals surface area contributed by atoms with Crippen molar-refractivity contribution in [1.82, 2.24) is 4.98 Å². The highest BCUT2D eigenvalue weighted by Crippen LogP contribution is 2.38. The molecule has 0 saturated heterocycles. The molecule has 128 valence electrons. The zero-order chi connectivity index (χ0) is 17.2. The molecule has 6 nitrogen and oxygen atoms in total. The van der Waals surface area contributed by atoms with Crippen LogP contribution >= 0.6 is 15.9 Å². The van der Waals surface area contributed by atoms with Gasteiger partial charge in [0.05, 0.1) is 11.1 Å².